The lowest BCUT2D eigenvalue weighted by atomic mass is 9.89. The second-order valence-corrected chi connectivity index (χ2v) is 6.69. The molecule has 1 fully saturated rings. The van der Waals surface area contributed by atoms with Crippen molar-refractivity contribution >= 4 is 0 Å². The predicted molar refractivity (Wildman–Crippen MR) is 84.8 cm³/mol. The van der Waals surface area contributed by atoms with Crippen molar-refractivity contribution in [3.63, 3.8) is 0 Å². The molecule has 112 valence electrons. The molecule has 1 aliphatic heterocycles. The van der Waals surface area contributed by atoms with Gasteiger partial charge in [0.05, 0.1) is 0 Å². The summed E-state index contributed by atoms with van der Waals surface area (Å²) in [6.07, 6.45) is 3.79. The fourth-order valence-corrected chi connectivity index (χ4v) is 3.29. The highest BCUT2D eigenvalue weighted by Crippen LogP contribution is 2.24. The highest BCUT2D eigenvalue weighted by atomic mass is 16.3. The van der Waals surface area contributed by atoms with E-state index in [-0.39, 0.29) is 0 Å². The number of hydrogen-bond acceptors (Lipinski definition) is 2. The quantitative estimate of drug-likeness (QED) is 0.888. The van der Waals surface area contributed by atoms with Crippen LogP contribution in [0.3, 0.4) is 0 Å². The molecule has 1 saturated heterocycles. The van der Waals surface area contributed by atoms with Crippen LogP contribution in [-0.2, 0) is 6.54 Å². The van der Waals surface area contributed by atoms with Crippen LogP contribution < -0.4 is 0 Å². The summed E-state index contributed by atoms with van der Waals surface area (Å²) in [7, 11) is 0. The molecule has 1 aliphatic rings. The molecule has 0 radical (unpaired) electrons. The molecule has 0 aliphatic carbocycles. The summed E-state index contributed by atoms with van der Waals surface area (Å²) in [5.74, 6) is 1.21. The molecule has 2 unspecified atom stereocenters. The van der Waals surface area contributed by atoms with Crippen molar-refractivity contribution < 1.29 is 5.11 Å². The maximum atomic E-state index is 9.21. The molecule has 2 atom stereocenters. The molecule has 0 spiro atoms. The van der Waals surface area contributed by atoms with Gasteiger partial charge in [0, 0.05) is 19.7 Å². The Bertz CT molecular complexity index is 429. The molecule has 0 saturated carbocycles. The Morgan fingerprint density at radius 3 is 2.80 bits per heavy atom. The number of likely N-dealkylation sites (tertiary alicyclic amines) is 1. The van der Waals surface area contributed by atoms with E-state index in [0.29, 0.717) is 12.5 Å². The number of aliphatic hydroxyl groups is 1. The number of rotatable bonds is 5. The van der Waals surface area contributed by atoms with Crippen molar-refractivity contribution in [1.82, 2.24) is 4.90 Å². The third-order valence-electron chi connectivity index (χ3n) is 4.63. The van der Waals surface area contributed by atoms with Gasteiger partial charge in [-0.3, -0.25) is 4.90 Å². The minimum absolute atomic E-state index is 0.327. The van der Waals surface area contributed by atoms with E-state index in [9.17, 15) is 5.11 Å². The minimum Gasteiger partial charge on any atom is -0.396 e. The third kappa shape index (κ3) is 4.32. The van der Waals surface area contributed by atoms with E-state index >= 15 is 0 Å². The maximum Gasteiger partial charge on any atom is 0.0456 e. The van der Waals surface area contributed by atoms with Gasteiger partial charge in [-0.15, -0.1) is 0 Å². The summed E-state index contributed by atoms with van der Waals surface area (Å²) in [5, 5.41) is 9.21. The molecular weight excluding hydrogens is 246 g/mol. The molecule has 0 aromatic heterocycles. The predicted octanol–water partition coefficient (Wildman–Crippen LogP) is 3.53. The average molecular weight is 275 g/mol. The summed E-state index contributed by atoms with van der Waals surface area (Å²) in [6.45, 7) is 10.3. The van der Waals surface area contributed by atoms with Crippen LogP contribution in [0, 0.1) is 25.7 Å². The van der Waals surface area contributed by atoms with E-state index in [1.165, 1.54) is 49.0 Å². The fraction of sp³-hybridized carbons (Fsp3) is 0.667. The van der Waals surface area contributed by atoms with Gasteiger partial charge in [-0.25, -0.2) is 0 Å². The van der Waals surface area contributed by atoms with E-state index < -0.39 is 0 Å². The summed E-state index contributed by atoms with van der Waals surface area (Å²) in [5.41, 5.74) is 4.20. The van der Waals surface area contributed by atoms with Crippen LogP contribution in [0.5, 0.6) is 0 Å². The van der Waals surface area contributed by atoms with Crippen molar-refractivity contribution in [2.24, 2.45) is 11.8 Å². The Morgan fingerprint density at radius 2 is 2.10 bits per heavy atom. The van der Waals surface area contributed by atoms with Crippen molar-refractivity contribution in [2.45, 2.75) is 46.6 Å². The summed E-state index contributed by atoms with van der Waals surface area (Å²) in [4.78, 5) is 2.59. The van der Waals surface area contributed by atoms with E-state index in [1.807, 2.05) is 0 Å². The van der Waals surface area contributed by atoms with E-state index in [0.717, 1.165) is 12.5 Å². The van der Waals surface area contributed by atoms with E-state index in [4.69, 9.17) is 0 Å². The van der Waals surface area contributed by atoms with Crippen LogP contribution in [0.15, 0.2) is 18.2 Å². The van der Waals surface area contributed by atoms with E-state index in [1.54, 1.807) is 0 Å². The van der Waals surface area contributed by atoms with Gasteiger partial charge in [0.15, 0.2) is 0 Å². The Balaban J connectivity index is 1.90. The smallest absolute Gasteiger partial charge is 0.0456 e. The van der Waals surface area contributed by atoms with Crippen LogP contribution in [0.4, 0.5) is 0 Å². The fourth-order valence-electron chi connectivity index (χ4n) is 3.29. The van der Waals surface area contributed by atoms with Crippen molar-refractivity contribution in [2.75, 3.05) is 19.7 Å². The van der Waals surface area contributed by atoms with Crippen molar-refractivity contribution in [1.29, 1.82) is 0 Å². The average Bonchev–Trinajstić information content (AvgIpc) is 2.43. The largest absolute Gasteiger partial charge is 0.396 e. The lowest BCUT2D eigenvalue weighted by Gasteiger charge is -2.34. The first-order valence-corrected chi connectivity index (χ1v) is 7.98. The molecule has 1 aromatic carbocycles. The molecule has 1 heterocycles. The zero-order valence-corrected chi connectivity index (χ0v) is 13.2. The zero-order valence-electron chi connectivity index (χ0n) is 13.2. The lowest BCUT2D eigenvalue weighted by Crippen LogP contribution is -2.35. The van der Waals surface area contributed by atoms with Crippen LogP contribution in [0.2, 0.25) is 0 Å². The third-order valence-corrected chi connectivity index (χ3v) is 4.63. The highest BCUT2D eigenvalue weighted by Gasteiger charge is 2.21. The van der Waals surface area contributed by atoms with E-state index in [2.05, 4.69) is 43.9 Å². The SMILES string of the molecule is Cc1ccc(CN2CCCC(CC(C)CO)C2)cc1C. The maximum absolute atomic E-state index is 9.21. The Hall–Kier alpha value is -0.860. The molecule has 0 bridgehead atoms. The first kappa shape index (κ1) is 15.5. The summed E-state index contributed by atoms with van der Waals surface area (Å²) < 4.78 is 0. The number of benzene rings is 1. The monoisotopic (exact) mass is 275 g/mol. The normalized spacial score (nSPS) is 21.9. The Kier molecular flexibility index (Phi) is 5.62. The van der Waals surface area contributed by atoms with Gasteiger partial charge in [-0.2, -0.15) is 0 Å². The number of aliphatic hydroxyl groups excluding tert-OH is 1. The highest BCUT2D eigenvalue weighted by molar-refractivity contribution is 5.29. The van der Waals surface area contributed by atoms with Crippen LogP contribution in [0.1, 0.15) is 42.9 Å². The number of piperidine rings is 1. The Labute approximate surface area is 123 Å². The molecule has 2 nitrogen and oxygen atoms in total. The first-order chi connectivity index (χ1) is 9.58. The molecule has 20 heavy (non-hydrogen) atoms. The van der Waals surface area contributed by atoms with Crippen LogP contribution in [0.25, 0.3) is 0 Å². The van der Waals surface area contributed by atoms with Crippen molar-refractivity contribution in [3.8, 4) is 0 Å². The number of aryl methyl sites for hydroxylation is 2. The first-order valence-electron chi connectivity index (χ1n) is 7.98. The standard InChI is InChI=1S/C18H29NO/c1-14(13-20)9-17-5-4-8-19(11-17)12-18-7-6-15(2)16(3)10-18/h6-7,10,14,17,20H,4-5,8-9,11-13H2,1-3H3. The van der Waals surface area contributed by atoms with Gasteiger partial charge >= 0.3 is 0 Å². The van der Waals surface area contributed by atoms with Gasteiger partial charge in [0.25, 0.3) is 0 Å². The van der Waals surface area contributed by atoms with Crippen LogP contribution >= 0.6 is 0 Å². The molecule has 2 heteroatoms. The number of nitrogens with zero attached hydrogens (tertiary/aromatic N) is 1. The lowest BCUT2D eigenvalue weighted by molar-refractivity contribution is 0.134. The van der Waals surface area contributed by atoms with Gasteiger partial charge in [0.1, 0.15) is 0 Å². The second-order valence-electron chi connectivity index (χ2n) is 6.69. The molecular formula is C18H29NO. The summed E-state index contributed by atoms with van der Waals surface area (Å²) in [6, 6.07) is 6.83. The molecule has 1 N–H and O–H groups in total. The molecule has 1 aromatic rings. The Morgan fingerprint density at radius 1 is 1.30 bits per heavy atom. The summed E-state index contributed by atoms with van der Waals surface area (Å²) >= 11 is 0. The topological polar surface area (TPSA) is 23.5 Å². The number of hydrogen-bond donors (Lipinski definition) is 1. The molecule has 0 amide bonds. The van der Waals surface area contributed by atoms with Gasteiger partial charge < -0.3 is 5.11 Å². The molecule has 2 rings (SSSR count). The zero-order chi connectivity index (χ0) is 14.5. The van der Waals surface area contributed by atoms with Gasteiger partial charge in [-0.1, -0.05) is 25.1 Å². The second kappa shape index (κ2) is 7.24. The van der Waals surface area contributed by atoms with Crippen LogP contribution in [-0.4, -0.2) is 29.7 Å². The minimum atomic E-state index is 0.327. The van der Waals surface area contributed by atoms with Gasteiger partial charge in [-0.05, 0) is 68.2 Å². The van der Waals surface area contributed by atoms with Crippen molar-refractivity contribution in [3.05, 3.63) is 34.9 Å². The van der Waals surface area contributed by atoms with Gasteiger partial charge in [0.2, 0.25) is 0 Å².